The first kappa shape index (κ1) is 14.0. The summed E-state index contributed by atoms with van der Waals surface area (Å²) >= 11 is 0. The van der Waals surface area contributed by atoms with Crippen molar-refractivity contribution in [3.8, 4) is 0 Å². The molecular formula is C14H18N2O2. The lowest BCUT2D eigenvalue weighted by Crippen LogP contribution is -2.12. The van der Waals surface area contributed by atoms with Gasteiger partial charge in [0.05, 0.1) is 12.7 Å². The number of esters is 1. The number of hydrogen-bond donors (Lipinski definition) is 2. The van der Waals surface area contributed by atoms with Crippen molar-refractivity contribution in [3.05, 3.63) is 54.1 Å². The number of nitrogens with one attached hydrogen (secondary N) is 1. The van der Waals surface area contributed by atoms with Crippen LogP contribution in [0.2, 0.25) is 0 Å². The third kappa shape index (κ3) is 4.84. The summed E-state index contributed by atoms with van der Waals surface area (Å²) in [7, 11) is 1.36. The molecule has 0 amide bonds. The van der Waals surface area contributed by atoms with Crippen LogP contribution in [0.3, 0.4) is 0 Å². The van der Waals surface area contributed by atoms with E-state index in [1.54, 1.807) is 24.3 Å². The van der Waals surface area contributed by atoms with Crippen LogP contribution in [0.1, 0.15) is 10.4 Å². The van der Waals surface area contributed by atoms with Crippen LogP contribution in [0, 0.1) is 0 Å². The normalized spacial score (nSPS) is 9.22. The first-order chi connectivity index (χ1) is 8.77. The zero-order chi connectivity index (χ0) is 13.2. The Hall–Kier alpha value is -2.07. The Morgan fingerprint density at radius 1 is 1.17 bits per heavy atom. The summed E-state index contributed by atoms with van der Waals surface area (Å²) in [4.78, 5) is 11.4. The molecule has 1 aromatic carbocycles. The lowest BCUT2D eigenvalue weighted by atomic mass is 10.2. The maximum atomic E-state index is 11.4. The minimum absolute atomic E-state index is 0.356. The monoisotopic (exact) mass is 246 g/mol. The van der Waals surface area contributed by atoms with E-state index in [1.165, 1.54) is 7.11 Å². The van der Waals surface area contributed by atoms with Gasteiger partial charge in [-0.1, -0.05) is 24.3 Å². The third-order valence-electron chi connectivity index (χ3n) is 2.22. The van der Waals surface area contributed by atoms with E-state index in [9.17, 15) is 4.79 Å². The highest BCUT2D eigenvalue weighted by atomic mass is 16.5. The van der Waals surface area contributed by atoms with Crippen LogP contribution >= 0.6 is 0 Å². The zero-order valence-electron chi connectivity index (χ0n) is 10.4. The third-order valence-corrected chi connectivity index (χ3v) is 2.22. The second-order valence-electron chi connectivity index (χ2n) is 3.55. The first-order valence-corrected chi connectivity index (χ1v) is 5.73. The molecule has 96 valence electrons. The quantitative estimate of drug-likeness (QED) is 0.797. The smallest absolute Gasteiger partial charge is 0.337 e. The molecule has 0 fully saturated rings. The molecule has 0 aliphatic heterocycles. The van der Waals surface area contributed by atoms with Gasteiger partial charge in [0.15, 0.2) is 0 Å². The second-order valence-corrected chi connectivity index (χ2v) is 3.55. The van der Waals surface area contributed by atoms with Gasteiger partial charge < -0.3 is 15.8 Å². The van der Waals surface area contributed by atoms with Gasteiger partial charge in [0.1, 0.15) is 0 Å². The van der Waals surface area contributed by atoms with Crippen LogP contribution < -0.4 is 11.1 Å². The Bertz CT molecular complexity index is 446. The molecule has 0 heterocycles. The number of nitrogens with two attached hydrogens (primary N) is 1. The van der Waals surface area contributed by atoms with E-state index in [0.29, 0.717) is 18.7 Å². The Morgan fingerprint density at radius 2 is 1.83 bits per heavy atom. The van der Waals surface area contributed by atoms with Gasteiger partial charge in [-0.15, -0.1) is 0 Å². The molecule has 0 atom stereocenters. The lowest BCUT2D eigenvalue weighted by molar-refractivity contribution is 0.0601. The molecule has 0 spiro atoms. The molecule has 0 unspecified atom stereocenters. The molecule has 3 N–H and O–H groups in total. The summed E-state index contributed by atoms with van der Waals surface area (Å²) in [5.74, 6) is -0.356. The molecule has 0 saturated carbocycles. The predicted molar refractivity (Wildman–Crippen MR) is 73.0 cm³/mol. The van der Waals surface area contributed by atoms with Gasteiger partial charge >= 0.3 is 5.97 Å². The molecule has 0 bridgehead atoms. The van der Waals surface area contributed by atoms with Crippen molar-refractivity contribution in [3.63, 3.8) is 0 Å². The van der Waals surface area contributed by atoms with E-state index in [2.05, 4.69) is 10.1 Å². The van der Waals surface area contributed by atoms with Crippen LogP contribution in [0.4, 0.5) is 5.69 Å². The van der Waals surface area contributed by atoms with Gasteiger partial charge in [-0.3, -0.25) is 0 Å². The summed E-state index contributed by atoms with van der Waals surface area (Å²) in [6.45, 7) is 1.27. The van der Waals surface area contributed by atoms with Crippen molar-refractivity contribution in [2.75, 3.05) is 25.5 Å². The molecule has 1 rings (SSSR count). The van der Waals surface area contributed by atoms with Crippen molar-refractivity contribution in [1.82, 2.24) is 0 Å². The summed E-state index contributed by atoms with van der Waals surface area (Å²) in [6, 6.07) is 14.6. The number of hydrogen-bond acceptors (Lipinski definition) is 4. The molecule has 0 saturated heterocycles. The van der Waals surface area contributed by atoms with Crippen molar-refractivity contribution < 1.29 is 9.53 Å². The Kier molecular flexibility index (Phi) is 6.28. The van der Waals surface area contributed by atoms with Gasteiger partial charge in [0, 0.05) is 18.8 Å². The average molecular weight is 246 g/mol. The highest BCUT2D eigenvalue weighted by molar-refractivity contribution is 5.88. The van der Waals surface area contributed by atoms with Crippen LogP contribution in [0.5, 0.6) is 0 Å². The minimum Gasteiger partial charge on any atom is -0.465 e. The highest BCUT2D eigenvalue weighted by Gasteiger charge is 2.00. The maximum Gasteiger partial charge on any atom is 0.337 e. The Morgan fingerprint density at radius 3 is 2.56 bits per heavy atom. The van der Waals surface area contributed by atoms with Crippen LogP contribution in [0.15, 0.2) is 48.5 Å². The second kappa shape index (κ2) is 8.08. The molecule has 0 radical (unpaired) electrons. The Labute approximate surface area is 107 Å². The minimum atomic E-state index is -0.356. The van der Waals surface area contributed by atoms with Gasteiger partial charge in [-0.05, 0) is 24.3 Å². The fourth-order valence-electron chi connectivity index (χ4n) is 1.34. The number of carbonyl (C=O) groups is 1. The molecule has 4 heteroatoms. The van der Waals surface area contributed by atoms with E-state index in [4.69, 9.17) is 5.73 Å². The maximum absolute atomic E-state index is 11.4. The number of carbonyl (C=O) groups excluding carboxylic acids is 1. The fourth-order valence-corrected chi connectivity index (χ4v) is 1.34. The molecule has 18 heavy (non-hydrogen) atoms. The van der Waals surface area contributed by atoms with E-state index in [-0.39, 0.29) is 5.97 Å². The molecular weight excluding hydrogens is 228 g/mol. The van der Waals surface area contributed by atoms with E-state index in [1.807, 2.05) is 24.3 Å². The summed E-state index contributed by atoms with van der Waals surface area (Å²) in [5.41, 5.74) is 6.87. The van der Waals surface area contributed by atoms with Crippen LogP contribution in [-0.2, 0) is 4.74 Å². The molecule has 0 aliphatic carbocycles. The standard InChI is InChI=1S/C14H18N2O2/c1-18-14(17)12-6-3-2-4-8-13(9-5-7-12)16-11-10-15/h2-9,16H,10-11,15H2,1H3. The van der Waals surface area contributed by atoms with Crippen molar-refractivity contribution in [2.24, 2.45) is 5.73 Å². The highest BCUT2D eigenvalue weighted by Crippen LogP contribution is 2.03. The number of rotatable bonds is 4. The Balaban J connectivity index is 3.05. The van der Waals surface area contributed by atoms with Crippen molar-refractivity contribution >= 4 is 11.7 Å². The number of ether oxygens (including phenoxy) is 1. The summed E-state index contributed by atoms with van der Waals surface area (Å²) in [6.07, 6.45) is 0. The van der Waals surface area contributed by atoms with Gasteiger partial charge in [-0.2, -0.15) is 0 Å². The van der Waals surface area contributed by atoms with Gasteiger partial charge in [0.2, 0.25) is 0 Å². The molecule has 1 aromatic rings. The number of anilines is 1. The molecule has 4 nitrogen and oxygen atoms in total. The van der Waals surface area contributed by atoms with Crippen molar-refractivity contribution in [2.45, 2.75) is 0 Å². The number of methoxy groups -OCH3 is 1. The van der Waals surface area contributed by atoms with Crippen LogP contribution in [-0.4, -0.2) is 26.2 Å². The first-order valence-electron chi connectivity index (χ1n) is 5.73. The van der Waals surface area contributed by atoms with E-state index >= 15 is 0 Å². The predicted octanol–water partition coefficient (Wildman–Crippen LogP) is 1.97. The van der Waals surface area contributed by atoms with E-state index < -0.39 is 0 Å². The zero-order valence-corrected chi connectivity index (χ0v) is 10.4. The fraction of sp³-hybridized carbons (Fsp3) is 0.214. The molecule has 0 aliphatic rings. The topological polar surface area (TPSA) is 64.3 Å². The SMILES string of the molecule is COC(=O)c1cccccc(NCCN)ccc1. The van der Waals surface area contributed by atoms with Gasteiger partial charge in [0.25, 0.3) is 0 Å². The molecule has 0 aromatic heterocycles. The summed E-state index contributed by atoms with van der Waals surface area (Å²) < 4.78 is 4.69. The summed E-state index contributed by atoms with van der Waals surface area (Å²) in [5, 5.41) is 3.17. The van der Waals surface area contributed by atoms with Crippen molar-refractivity contribution in [1.29, 1.82) is 0 Å². The lowest BCUT2D eigenvalue weighted by Gasteiger charge is -2.01. The van der Waals surface area contributed by atoms with Crippen LogP contribution in [0.25, 0.3) is 0 Å². The van der Waals surface area contributed by atoms with Gasteiger partial charge in [-0.25, -0.2) is 4.79 Å². The van der Waals surface area contributed by atoms with E-state index in [0.717, 1.165) is 5.69 Å². The average Bonchev–Trinajstić information content (AvgIpc) is 2.41. The largest absolute Gasteiger partial charge is 0.465 e.